The number of sulfone groups is 1. The van der Waals surface area contributed by atoms with Gasteiger partial charge in [0.2, 0.25) is 0 Å². The van der Waals surface area contributed by atoms with Crippen LogP contribution >= 0.6 is 24.8 Å². The molecule has 0 aliphatic carbocycles. The SMILES string of the molecule is CS(=O)(=O)c1ccc(OCCN2CCN(CCCC(=O)c3ccc(F)cc3)CC2)cc1.Cl.Cl. The number of piperazine rings is 1. The van der Waals surface area contributed by atoms with Gasteiger partial charge in [0.1, 0.15) is 18.2 Å². The summed E-state index contributed by atoms with van der Waals surface area (Å²) in [5.41, 5.74) is 0.567. The predicted octanol–water partition coefficient (Wildman–Crippen LogP) is 3.73. The van der Waals surface area contributed by atoms with Crippen molar-refractivity contribution in [3.05, 3.63) is 59.9 Å². The minimum Gasteiger partial charge on any atom is -0.492 e. The van der Waals surface area contributed by atoms with E-state index in [-0.39, 0.29) is 41.3 Å². The summed E-state index contributed by atoms with van der Waals surface area (Å²) < 4.78 is 41.6. The molecule has 0 radical (unpaired) electrons. The van der Waals surface area contributed by atoms with Crippen molar-refractivity contribution in [3.8, 4) is 5.75 Å². The molecule has 10 heteroatoms. The lowest BCUT2D eigenvalue weighted by molar-refractivity contribution is 0.0953. The van der Waals surface area contributed by atoms with E-state index in [2.05, 4.69) is 9.80 Å². The highest BCUT2D eigenvalue weighted by Crippen LogP contribution is 2.16. The smallest absolute Gasteiger partial charge is 0.175 e. The largest absolute Gasteiger partial charge is 0.492 e. The maximum atomic E-state index is 12.9. The van der Waals surface area contributed by atoms with Gasteiger partial charge in [-0.15, -0.1) is 24.8 Å². The molecule has 1 aliphatic heterocycles. The highest BCUT2D eigenvalue weighted by Gasteiger charge is 2.17. The van der Waals surface area contributed by atoms with Crippen molar-refractivity contribution in [2.75, 3.05) is 52.1 Å². The lowest BCUT2D eigenvalue weighted by atomic mass is 10.1. The Hall–Kier alpha value is -1.71. The van der Waals surface area contributed by atoms with Crippen LogP contribution in [0.4, 0.5) is 4.39 Å². The van der Waals surface area contributed by atoms with Gasteiger partial charge in [-0.25, -0.2) is 12.8 Å². The first-order chi connectivity index (χ1) is 14.8. The van der Waals surface area contributed by atoms with Crippen molar-refractivity contribution in [2.45, 2.75) is 17.7 Å². The van der Waals surface area contributed by atoms with E-state index in [9.17, 15) is 17.6 Å². The Morgan fingerprint density at radius 1 is 0.909 bits per heavy atom. The molecular weight excluding hydrogens is 490 g/mol. The van der Waals surface area contributed by atoms with Gasteiger partial charge in [-0.05, 0) is 61.5 Å². The summed E-state index contributed by atoms with van der Waals surface area (Å²) in [6, 6.07) is 12.2. The standard InChI is InChI=1S/C23H29FN2O4S.2ClH/c1-31(28,29)22-10-8-21(9-11-22)30-18-17-26-15-13-25(14-16-26)12-2-3-23(27)19-4-6-20(24)7-5-19;;/h4-11H,2-3,12-18H2,1H3;2*1H. The van der Waals surface area contributed by atoms with Crippen LogP contribution in [0.1, 0.15) is 23.2 Å². The third kappa shape index (κ3) is 9.59. The lowest BCUT2D eigenvalue weighted by Gasteiger charge is -2.34. The molecule has 1 heterocycles. The highest BCUT2D eigenvalue weighted by molar-refractivity contribution is 7.90. The molecule has 184 valence electrons. The first kappa shape index (κ1) is 29.3. The minimum absolute atomic E-state index is 0. The van der Waals surface area contributed by atoms with Crippen LogP contribution in [0, 0.1) is 5.82 Å². The Bertz CT molecular complexity index is 965. The van der Waals surface area contributed by atoms with E-state index >= 15 is 0 Å². The highest BCUT2D eigenvalue weighted by atomic mass is 35.5. The predicted molar refractivity (Wildman–Crippen MR) is 132 cm³/mol. The average Bonchev–Trinajstić information content (AvgIpc) is 2.75. The molecule has 0 amide bonds. The monoisotopic (exact) mass is 520 g/mol. The summed E-state index contributed by atoms with van der Waals surface area (Å²) in [5.74, 6) is 0.391. The lowest BCUT2D eigenvalue weighted by Crippen LogP contribution is -2.47. The molecule has 0 saturated carbocycles. The number of nitrogens with zero attached hydrogens (tertiary/aromatic N) is 2. The van der Waals surface area contributed by atoms with Crippen molar-refractivity contribution in [1.29, 1.82) is 0 Å². The Kier molecular flexibility index (Phi) is 12.3. The fourth-order valence-corrected chi connectivity index (χ4v) is 4.19. The van der Waals surface area contributed by atoms with Crippen molar-refractivity contribution < 1.29 is 22.3 Å². The molecular formula is C23H31Cl2FN2O4S. The third-order valence-electron chi connectivity index (χ3n) is 5.44. The maximum Gasteiger partial charge on any atom is 0.175 e. The fraction of sp³-hybridized carbons (Fsp3) is 0.435. The summed E-state index contributed by atoms with van der Waals surface area (Å²) in [5, 5.41) is 0. The van der Waals surface area contributed by atoms with Crippen LogP contribution in [-0.2, 0) is 9.84 Å². The van der Waals surface area contributed by atoms with E-state index in [1.807, 2.05) is 0 Å². The number of ether oxygens (including phenoxy) is 1. The molecule has 33 heavy (non-hydrogen) atoms. The number of halogens is 3. The van der Waals surface area contributed by atoms with Gasteiger partial charge in [0, 0.05) is 51.0 Å². The molecule has 1 fully saturated rings. The second-order valence-corrected chi connectivity index (χ2v) is 9.82. The first-order valence-corrected chi connectivity index (χ1v) is 12.4. The second-order valence-electron chi connectivity index (χ2n) is 7.81. The van der Waals surface area contributed by atoms with Crippen LogP contribution in [-0.4, -0.2) is 76.1 Å². The van der Waals surface area contributed by atoms with Gasteiger partial charge in [-0.2, -0.15) is 0 Å². The summed E-state index contributed by atoms with van der Waals surface area (Å²) in [6.07, 6.45) is 2.45. The molecule has 1 aliphatic rings. The molecule has 3 rings (SSSR count). The molecule has 0 atom stereocenters. The van der Waals surface area contributed by atoms with Crippen LogP contribution in [0.3, 0.4) is 0 Å². The van der Waals surface area contributed by atoms with Crippen molar-refractivity contribution in [3.63, 3.8) is 0 Å². The number of benzene rings is 2. The quantitative estimate of drug-likeness (QED) is 0.444. The van der Waals surface area contributed by atoms with Crippen LogP contribution in [0.25, 0.3) is 0 Å². The molecule has 0 spiro atoms. The topological polar surface area (TPSA) is 66.9 Å². The van der Waals surface area contributed by atoms with Crippen LogP contribution in [0.5, 0.6) is 5.75 Å². The van der Waals surface area contributed by atoms with Gasteiger partial charge < -0.3 is 9.64 Å². The Balaban J connectivity index is 0.00000272. The zero-order valence-electron chi connectivity index (χ0n) is 18.6. The van der Waals surface area contributed by atoms with Crippen molar-refractivity contribution in [1.82, 2.24) is 9.80 Å². The Morgan fingerprint density at radius 3 is 2.00 bits per heavy atom. The second kappa shape index (κ2) is 13.9. The normalized spacial score (nSPS) is 14.7. The summed E-state index contributed by atoms with van der Waals surface area (Å²) in [4.78, 5) is 17.1. The van der Waals surface area contributed by atoms with Gasteiger partial charge >= 0.3 is 0 Å². The number of hydrogen-bond acceptors (Lipinski definition) is 6. The molecule has 2 aromatic carbocycles. The molecule has 0 unspecified atom stereocenters. The first-order valence-electron chi connectivity index (χ1n) is 10.5. The van der Waals surface area contributed by atoms with E-state index < -0.39 is 9.84 Å². The van der Waals surface area contributed by atoms with Gasteiger partial charge in [0.15, 0.2) is 15.6 Å². The van der Waals surface area contributed by atoms with Crippen LogP contribution < -0.4 is 4.74 Å². The maximum absolute atomic E-state index is 12.9. The van der Waals surface area contributed by atoms with Crippen LogP contribution in [0.15, 0.2) is 53.4 Å². The summed E-state index contributed by atoms with van der Waals surface area (Å²) in [7, 11) is -3.19. The minimum atomic E-state index is -3.19. The zero-order chi connectivity index (χ0) is 22.3. The fourth-order valence-electron chi connectivity index (χ4n) is 3.56. The van der Waals surface area contributed by atoms with Gasteiger partial charge in [-0.3, -0.25) is 9.69 Å². The van der Waals surface area contributed by atoms with E-state index in [0.717, 1.165) is 45.7 Å². The average molecular weight is 521 g/mol. The molecule has 0 N–H and O–H groups in total. The number of rotatable bonds is 10. The molecule has 6 nitrogen and oxygen atoms in total. The Labute approximate surface area is 207 Å². The number of Topliss-reactive ketones (excluding diaryl/α,β-unsaturated/α-hetero) is 1. The van der Waals surface area contributed by atoms with Gasteiger partial charge in [0.25, 0.3) is 0 Å². The number of ketones is 1. The van der Waals surface area contributed by atoms with E-state index in [1.54, 1.807) is 36.4 Å². The number of hydrogen-bond donors (Lipinski definition) is 0. The van der Waals surface area contributed by atoms with E-state index in [4.69, 9.17) is 4.74 Å². The van der Waals surface area contributed by atoms with E-state index in [0.29, 0.717) is 24.3 Å². The molecule has 1 saturated heterocycles. The number of carbonyl (C=O) groups is 1. The third-order valence-corrected chi connectivity index (χ3v) is 6.57. The van der Waals surface area contributed by atoms with Gasteiger partial charge in [-0.1, -0.05) is 0 Å². The van der Waals surface area contributed by atoms with Gasteiger partial charge in [0.05, 0.1) is 4.90 Å². The summed E-state index contributed by atoms with van der Waals surface area (Å²) in [6.45, 7) is 6.03. The zero-order valence-corrected chi connectivity index (χ0v) is 21.1. The Morgan fingerprint density at radius 2 is 1.45 bits per heavy atom. The van der Waals surface area contributed by atoms with E-state index in [1.165, 1.54) is 18.4 Å². The molecule has 0 aromatic heterocycles. The van der Waals surface area contributed by atoms with Crippen molar-refractivity contribution >= 4 is 40.4 Å². The van der Waals surface area contributed by atoms with Crippen molar-refractivity contribution in [2.24, 2.45) is 0 Å². The van der Waals surface area contributed by atoms with Crippen LogP contribution in [0.2, 0.25) is 0 Å². The molecule has 2 aromatic rings. The number of carbonyl (C=O) groups excluding carboxylic acids is 1. The molecule has 0 bridgehead atoms. The summed E-state index contributed by atoms with van der Waals surface area (Å²) >= 11 is 0.